The Morgan fingerprint density at radius 2 is 1.96 bits per heavy atom. The molecular weight excluding hydrogens is 455 g/mol. The number of hydrogen-bond acceptors (Lipinski definition) is 4. The van der Waals surface area contributed by atoms with Crippen molar-refractivity contribution in [1.82, 2.24) is 4.31 Å². The van der Waals surface area contributed by atoms with Gasteiger partial charge in [-0.3, -0.25) is 10.1 Å². The van der Waals surface area contributed by atoms with Crippen molar-refractivity contribution in [3.05, 3.63) is 46.5 Å². The maximum atomic E-state index is 13.1. The highest BCUT2D eigenvalue weighted by molar-refractivity contribution is 14.1. The first-order valence-electron chi connectivity index (χ1n) is 7.98. The molecule has 0 spiro atoms. The van der Waals surface area contributed by atoms with Crippen LogP contribution >= 0.6 is 22.6 Å². The van der Waals surface area contributed by atoms with E-state index < -0.39 is 14.9 Å². The molecule has 0 radical (unpaired) electrons. The quantitative estimate of drug-likeness (QED) is 0.213. The second-order valence-corrected chi connectivity index (χ2v) is 8.14. The molecule has 0 saturated carbocycles. The number of nitrogens with zero attached hydrogens (tertiary/aromatic N) is 2. The van der Waals surface area contributed by atoms with E-state index in [2.05, 4.69) is 9.85 Å². The van der Waals surface area contributed by atoms with Crippen LogP contribution in [0.15, 0.2) is 41.3 Å². The van der Waals surface area contributed by atoms with Gasteiger partial charge in [-0.15, -0.1) is 0 Å². The Kier molecular flexibility index (Phi) is 7.40. The number of non-ortho nitro benzene ring substituents is 1. The number of rotatable bonds is 5. The Bertz CT molecular complexity index is 794. The summed E-state index contributed by atoms with van der Waals surface area (Å²) in [4.78, 5) is 10.3. The van der Waals surface area contributed by atoms with Crippen LogP contribution in [0.25, 0.3) is 0 Å². The van der Waals surface area contributed by atoms with Crippen LogP contribution < -0.4 is 0 Å². The van der Waals surface area contributed by atoms with E-state index in [9.17, 15) is 18.5 Å². The molecule has 1 unspecified atom stereocenters. The third-order valence-electron chi connectivity index (χ3n) is 4.05. The minimum Gasteiger partial charge on any atom is -0.258 e. The van der Waals surface area contributed by atoms with E-state index in [4.69, 9.17) is 0 Å². The smallest absolute Gasteiger partial charge is 0.258 e. The Morgan fingerprint density at radius 1 is 1.24 bits per heavy atom. The zero-order valence-electron chi connectivity index (χ0n) is 13.6. The van der Waals surface area contributed by atoms with Gasteiger partial charge in [0.1, 0.15) is 0 Å². The van der Waals surface area contributed by atoms with E-state index in [-0.39, 0.29) is 23.2 Å². The van der Waals surface area contributed by atoms with Crippen molar-refractivity contribution in [2.24, 2.45) is 0 Å². The number of allylic oxidation sites excluding steroid dienone is 1. The summed E-state index contributed by atoms with van der Waals surface area (Å²) >= 11 is 1.88. The number of benzene rings is 1. The normalized spacial score (nSPS) is 19.4. The summed E-state index contributed by atoms with van der Waals surface area (Å²) in [6.07, 6.45) is 8.80. The minimum atomic E-state index is -3.79. The molecule has 1 aromatic rings. The van der Waals surface area contributed by atoms with Crippen LogP contribution in [-0.4, -0.2) is 30.2 Å². The Balaban J connectivity index is 2.37. The molecule has 0 aromatic heterocycles. The second-order valence-electron chi connectivity index (χ2n) is 5.71. The SMILES string of the molecule is O=[N+]([O-])c1ccc(S(=O)(=O)N(CC#CI)C2/C=C\CCCCC2)cc1. The van der Waals surface area contributed by atoms with Crippen LogP contribution in [0, 0.1) is 20.0 Å². The molecule has 0 saturated heterocycles. The van der Waals surface area contributed by atoms with Crippen molar-refractivity contribution >= 4 is 38.3 Å². The molecule has 1 aliphatic carbocycles. The lowest BCUT2D eigenvalue weighted by Gasteiger charge is -2.28. The molecule has 0 aliphatic heterocycles. The number of nitro benzene ring substituents is 1. The lowest BCUT2D eigenvalue weighted by molar-refractivity contribution is -0.384. The van der Waals surface area contributed by atoms with Crippen LogP contribution in [-0.2, 0) is 10.0 Å². The molecule has 1 aliphatic rings. The number of hydrogen-bond donors (Lipinski definition) is 0. The minimum absolute atomic E-state index is 0.0452. The van der Waals surface area contributed by atoms with E-state index in [0.29, 0.717) is 0 Å². The van der Waals surface area contributed by atoms with Crippen LogP contribution in [0.5, 0.6) is 0 Å². The van der Waals surface area contributed by atoms with Crippen molar-refractivity contribution in [2.75, 3.05) is 6.54 Å². The first-order chi connectivity index (χ1) is 12.0. The lowest BCUT2D eigenvalue weighted by atomic mass is 10.0. The summed E-state index contributed by atoms with van der Waals surface area (Å²) in [7, 11) is -3.79. The number of sulfonamides is 1. The molecule has 0 N–H and O–H groups in total. The van der Waals surface area contributed by atoms with Gasteiger partial charge in [-0.05, 0) is 35.3 Å². The molecule has 0 bridgehead atoms. The third kappa shape index (κ3) is 5.26. The van der Waals surface area contributed by atoms with Crippen molar-refractivity contribution < 1.29 is 13.3 Å². The lowest BCUT2D eigenvalue weighted by Crippen LogP contribution is -2.39. The van der Waals surface area contributed by atoms with Gasteiger partial charge in [0.25, 0.3) is 5.69 Å². The zero-order valence-corrected chi connectivity index (χ0v) is 16.6. The van der Waals surface area contributed by atoms with Crippen molar-refractivity contribution in [1.29, 1.82) is 0 Å². The summed E-state index contributed by atoms with van der Waals surface area (Å²) in [6.45, 7) is 0.0945. The standard InChI is InChI=1S/C17H19IN2O4S/c18-13-6-14-19(15-7-4-2-1-3-5-8-15)25(23,24)17-11-9-16(10-12-17)20(21)22/h4,7,9-12,15H,1-3,5,8,14H2/b7-4-. The average Bonchev–Trinajstić information content (AvgIpc) is 2.56. The Morgan fingerprint density at radius 3 is 2.60 bits per heavy atom. The number of halogens is 1. The highest BCUT2D eigenvalue weighted by Gasteiger charge is 2.30. The summed E-state index contributed by atoms with van der Waals surface area (Å²) in [5.41, 5.74) is -0.136. The largest absolute Gasteiger partial charge is 0.269 e. The summed E-state index contributed by atoms with van der Waals surface area (Å²) in [5, 5.41) is 10.8. The first-order valence-corrected chi connectivity index (χ1v) is 10.5. The fraction of sp³-hybridized carbons (Fsp3) is 0.412. The fourth-order valence-electron chi connectivity index (χ4n) is 2.75. The Hall–Kier alpha value is -1.44. The van der Waals surface area contributed by atoms with Crippen molar-refractivity contribution in [3.63, 3.8) is 0 Å². The topological polar surface area (TPSA) is 80.5 Å². The molecule has 25 heavy (non-hydrogen) atoms. The van der Waals surface area contributed by atoms with E-state index in [1.54, 1.807) is 0 Å². The zero-order chi connectivity index (χ0) is 18.3. The fourth-order valence-corrected chi connectivity index (χ4v) is 4.43. The van der Waals surface area contributed by atoms with E-state index >= 15 is 0 Å². The van der Waals surface area contributed by atoms with Gasteiger partial charge in [0, 0.05) is 40.8 Å². The van der Waals surface area contributed by atoms with Gasteiger partial charge in [-0.25, -0.2) is 8.42 Å². The molecule has 1 aromatic carbocycles. The van der Waals surface area contributed by atoms with Gasteiger partial charge >= 0.3 is 0 Å². The van der Waals surface area contributed by atoms with Crippen LogP contribution in [0.1, 0.15) is 32.1 Å². The van der Waals surface area contributed by atoms with Crippen LogP contribution in [0.2, 0.25) is 0 Å². The summed E-state index contributed by atoms with van der Waals surface area (Å²) < 4.78 is 30.2. The molecule has 134 valence electrons. The molecule has 0 fully saturated rings. The molecule has 6 nitrogen and oxygen atoms in total. The first kappa shape index (κ1) is 19.9. The molecule has 2 rings (SSSR count). The average molecular weight is 474 g/mol. The molecular formula is C17H19IN2O4S. The maximum absolute atomic E-state index is 13.1. The second kappa shape index (κ2) is 9.31. The predicted molar refractivity (Wildman–Crippen MR) is 105 cm³/mol. The molecule has 0 amide bonds. The summed E-state index contributed by atoms with van der Waals surface area (Å²) in [5.74, 6) is 2.83. The summed E-state index contributed by atoms with van der Waals surface area (Å²) in [6, 6.07) is 4.74. The highest BCUT2D eigenvalue weighted by Crippen LogP contribution is 2.25. The molecule has 0 heterocycles. The van der Waals surface area contributed by atoms with E-state index in [1.807, 2.05) is 34.7 Å². The van der Waals surface area contributed by atoms with Crippen LogP contribution in [0.3, 0.4) is 0 Å². The molecule has 8 heteroatoms. The highest BCUT2D eigenvalue weighted by atomic mass is 127. The van der Waals surface area contributed by atoms with Gasteiger partial charge in [-0.1, -0.05) is 30.9 Å². The van der Waals surface area contributed by atoms with Crippen LogP contribution in [0.4, 0.5) is 5.69 Å². The monoisotopic (exact) mass is 474 g/mol. The van der Waals surface area contributed by atoms with Gasteiger partial charge in [0.15, 0.2) is 0 Å². The van der Waals surface area contributed by atoms with Gasteiger partial charge in [0.2, 0.25) is 10.0 Å². The predicted octanol–water partition coefficient (Wildman–Crippen LogP) is 3.87. The van der Waals surface area contributed by atoms with Crippen molar-refractivity contribution in [2.45, 2.75) is 43.0 Å². The third-order valence-corrected chi connectivity index (χ3v) is 6.32. The Labute approximate surface area is 161 Å². The number of nitro groups is 1. The maximum Gasteiger partial charge on any atom is 0.269 e. The van der Waals surface area contributed by atoms with E-state index in [0.717, 1.165) is 32.1 Å². The molecule has 1 atom stereocenters. The van der Waals surface area contributed by atoms with E-state index in [1.165, 1.54) is 28.6 Å². The van der Waals surface area contributed by atoms with Gasteiger partial charge in [-0.2, -0.15) is 4.31 Å². The van der Waals surface area contributed by atoms with Crippen molar-refractivity contribution in [3.8, 4) is 9.85 Å². The van der Waals surface area contributed by atoms with Gasteiger partial charge < -0.3 is 0 Å². The van der Waals surface area contributed by atoms with Gasteiger partial charge in [0.05, 0.1) is 16.4 Å².